The number of hydrogen-bond acceptors (Lipinski definition) is 2. The smallest absolute Gasteiger partial charge is 0.143 e. The van der Waals surface area contributed by atoms with E-state index in [4.69, 9.17) is 4.42 Å². The summed E-state index contributed by atoms with van der Waals surface area (Å²) in [4.78, 5) is 2.35. The fourth-order valence-corrected chi connectivity index (χ4v) is 7.72. The summed E-state index contributed by atoms with van der Waals surface area (Å²) in [6.45, 7) is 0. The minimum Gasteiger partial charge on any atom is -0.455 e. The van der Waals surface area contributed by atoms with Gasteiger partial charge >= 0.3 is 0 Å². The summed E-state index contributed by atoms with van der Waals surface area (Å²) in [5.74, 6) is 0. The second-order valence-electron chi connectivity index (χ2n) is 13.3. The number of benzene rings is 9. The van der Waals surface area contributed by atoms with Gasteiger partial charge in [0.15, 0.2) is 0 Å². The normalized spacial score (nSPS) is 11.5. The molecule has 0 radical (unpaired) electrons. The zero-order chi connectivity index (χ0) is 34.4. The van der Waals surface area contributed by atoms with Gasteiger partial charge in [-0.05, 0) is 86.3 Å². The molecular formula is C50H33NO. The SMILES string of the molecule is c1ccc(N(c2ccc(-c3ccc(-c4cccc5ccccc45)cc3)cc2)c2ccccc2-c2cccc3c2oc2cc4ccccc4cc23)cc1. The topological polar surface area (TPSA) is 16.4 Å². The highest BCUT2D eigenvalue weighted by atomic mass is 16.3. The first-order valence-corrected chi connectivity index (χ1v) is 17.8. The second-order valence-corrected chi connectivity index (χ2v) is 13.3. The van der Waals surface area contributed by atoms with Gasteiger partial charge in [0, 0.05) is 33.3 Å². The van der Waals surface area contributed by atoms with Crippen molar-refractivity contribution in [1.82, 2.24) is 0 Å². The fourth-order valence-electron chi connectivity index (χ4n) is 7.72. The summed E-state index contributed by atoms with van der Waals surface area (Å²) in [6, 6.07) is 71.6. The van der Waals surface area contributed by atoms with Crippen molar-refractivity contribution in [2.24, 2.45) is 0 Å². The van der Waals surface area contributed by atoms with E-state index in [1.54, 1.807) is 0 Å². The van der Waals surface area contributed by atoms with Gasteiger partial charge in [-0.3, -0.25) is 0 Å². The summed E-state index contributed by atoms with van der Waals surface area (Å²) in [5.41, 5.74) is 12.1. The van der Waals surface area contributed by atoms with Crippen LogP contribution in [0.25, 0.3) is 76.9 Å². The maximum Gasteiger partial charge on any atom is 0.143 e. The van der Waals surface area contributed by atoms with Crippen LogP contribution in [0.4, 0.5) is 17.1 Å². The third-order valence-corrected chi connectivity index (χ3v) is 10.3. The molecule has 0 saturated heterocycles. The van der Waals surface area contributed by atoms with Crippen molar-refractivity contribution < 1.29 is 4.42 Å². The van der Waals surface area contributed by atoms with Gasteiger partial charge in [0.25, 0.3) is 0 Å². The highest BCUT2D eigenvalue weighted by Crippen LogP contribution is 2.45. The molecule has 0 fully saturated rings. The van der Waals surface area contributed by atoms with Crippen molar-refractivity contribution in [3.8, 4) is 33.4 Å². The fraction of sp³-hybridized carbons (Fsp3) is 0. The Morgan fingerprint density at radius 1 is 0.327 bits per heavy atom. The standard InChI is InChI=1S/C50H33NO/c1-2-16-40(17-3-1)51(41-30-28-35(29-31-41)34-24-26-37(27-25-34)43-20-10-15-36-12-6-7-18-42(36)43)48-23-9-8-19-44(48)45-21-11-22-46-47-32-38-13-4-5-14-39(38)33-49(47)52-50(45)46/h1-33H. The highest BCUT2D eigenvalue weighted by molar-refractivity contribution is 6.14. The molecule has 0 aliphatic carbocycles. The van der Waals surface area contributed by atoms with Crippen LogP contribution in [-0.2, 0) is 0 Å². The zero-order valence-corrected chi connectivity index (χ0v) is 28.4. The minimum absolute atomic E-state index is 0.899. The molecule has 0 saturated carbocycles. The van der Waals surface area contributed by atoms with Crippen molar-refractivity contribution in [2.45, 2.75) is 0 Å². The van der Waals surface area contributed by atoms with E-state index in [2.05, 4.69) is 205 Å². The quantitative estimate of drug-likeness (QED) is 0.176. The van der Waals surface area contributed by atoms with E-state index in [1.165, 1.54) is 43.8 Å². The van der Waals surface area contributed by atoms with E-state index in [9.17, 15) is 0 Å². The Bertz CT molecular complexity index is 2880. The van der Waals surface area contributed by atoms with Crippen LogP contribution in [0.3, 0.4) is 0 Å². The van der Waals surface area contributed by atoms with Gasteiger partial charge in [-0.25, -0.2) is 0 Å². The van der Waals surface area contributed by atoms with E-state index < -0.39 is 0 Å². The van der Waals surface area contributed by atoms with Crippen LogP contribution >= 0.6 is 0 Å². The molecule has 0 unspecified atom stereocenters. The van der Waals surface area contributed by atoms with Gasteiger partial charge < -0.3 is 9.32 Å². The lowest BCUT2D eigenvalue weighted by molar-refractivity contribution is 0.670. The predicted molar refractivity (Wildman–Crippen MR) is 220 cm³/mol. The molecule has 10 rings (SSSR count). The lowest BCUT2D eigenvalue weighted by atomic mass is 9.96. The van der Waals surface area contributed by atoms with Gasteiger partial charge in [-0.15, -0.1) is 0 Å². The van der Waals surface area contributed by atoms with Crippen LogP contribution in [0.15, 0.2) is 205 Å². The van der Waals surface area contributed by atoms with Crippen molar-refractivity contribution in [2.75, 3.05) is 4.90 Å². The Morgan fingerprint density at radius 3 is 1.67 bits per heavy atom. The van der Waals surface area contributed by atoms with E-state index in [1.807, 2.05) is 0 Å². The molecular weight excluding hydrogens is 631 g/mol. The number of anilines is 3. The molecule has 244 valence electrons. The molecule has 1 heterocycles. The van der Waals surface area contributed by atoms with Crippen LogP contribution in [0, 0.1) is 0 Å². The molecule has 10 aromatic rings. The summed E-state index contributed by atoms with van der Waals surface area (Å²) in [6.07, 6.45) is 0. The Kier molecular flexibility index (Phi) is 7.18. The van der Waals surface area contributed by atoms with Crippen LogP contribution in [0.2, 0.25) is 0 Å². The summed E-state index contributed by atoms with van der Waals surface area (Å²) < 4.78 is 6.70. The number of furan rings is 1. The van der Waals surface area contributed by atoms with E-state index in [0.717, 1.165) is 50.1 Å². The third-order valence-electron chi connectivity index (χ3n) is 10.3. The largest absolute Gasteiger partial charge is 0.455 e. The molecule has 52 heavy (non-hydrogen) atoms. The highest BCUT2D eigenvalue weighted by Gasteiger charge is 2.20. The maximum absolute atomic E-state index is 6.70. The van der Waals surface area contributed by atoms with Crippen LogP contribution in [0.1, 0.15) is 0 Å². The van der Waals surface area contributed by atoms with Crippen molar-refractivity contribution >= 4 is 60.5 Å². The van der Waals surface area contributed by atoms with Gasteiger partial charge in [0.1, 0.15) is 11.2 Å². The Morgan fingerprint density at radius 2 is 0.865 bits per heavy atom. The number of hydrogen-bond donors (Lipinski definition) is 0. The molecule has 0 spiro atoms. The first kappa shape index (κ1) is 30.0. The van der Waals surface area contributed by atoms with Crippen LogP contribution in [0.5, 0.6) is 0 Å². The lowest BCUT2D eigenvalue weighted by Gasteiger charge is -2.28. The molecule has 2 heteroatoms. The number of fused-ring (bicyclic) bond motifs is 5. The van der Waals surface area contributed by atoms with Gasteiger partial charge in [0.2, 0.25) is 0 Å². The zero-order valence-electron chi connectivity index (χ0n) is 28.4. The Labute approximate surface area is 302 Å². The van der Waals surface area contributed by atoms with Gasteiger partial charge in [-0.2, -0.15) is 0 Å². The van der Waals surface area contributed by atoms with Gasteiger partial charge in [0.05, 0.1) is 5.69 Å². The molecule has 1 aromatic heterocycles. The first-order valence-electron chi connectivity index (χ1n) is 17.8. The van der Waals surface area contributed by atoms with E-state index in [-0.39, 0.29) is 0 Å². The first-order chi connectivity index (χ1) is 25.8. The maximum atomic E-state index is 6.70. The molecule has 9 aromatic carbocycles. The van der Waals surface area contributed by atoms with Crippen LogP contribution in [-0.4, -0.2) is 0 Å². The molecule has 0 bridgehead atoms. The van der Waals surface area contributed by atoms with Crippen molar-refractivity contribution in [3.05, 3.63) is 200 Å². The monoisotopic (exact) mass is 663 g/mol. The molecule has 0 aliphatic heterocycles. The molecule has 0 amide bonds. The molecule has 0 N–H and O–H groups in total. The number of nitrogens with zero attached hydrogens (tertiary/aromatic N) is 1. The molecule has 0 aliphatic rings. The second kappa shape index (κ2) is 12.5. The minimum atomic E-state index is 0.899. The van der Waals surface area contributed by atoms with E-state index in [0.29, 0.717) is 0 Å². The summed E-state index contributed by atoms with van der Waals surface area (Å²) in [5, 5.41) is 7.17. The third kappa shape index (κ3) is 5.12. The van der Waals surface area contributed by atoms with E-state index >= 15 is 0 Å². The average Bonchev–Trinajstić information content (AvgIpc) is 3.58. The van der Waals surface area contributed by atoms with Crippen molar-refractivity contribution in [3.63, 3.8) is 0 Å². The Hall–Kier alpha value is -6.90. The number of para-hydroxylation sites is 3. The summed E-state index contributed by atoms with van der Waals surface area (Å²) >= 11 is 0. The predicted octanol–water partition coefficient (Wildman–Crippen LogP) is 14.4. The Balaban J connectivity index is 1.05. The van der Waals surface area contributed by atoms with Gasteiger partial charge in [-0.1, -0.05) is 158 Å². The van der Waals surface area contributed by atoms with Crippen molar-refractivity contribution in [1.29, 1.82) is 0 Å². The molecule has 2 nitrogen and oxygen atoms in total. The number of rotatable bonds is 6. The molecule has 0 atom stereocenters. The van der Waals surface area contributed by atoms with Crippen LogP contribution < -0.4 is 4.90 Å². The summed E-state index contributed by atoms with van der Waals surface area (Å²) in [7, 11) is 0. The lowest BCUT2D eigenvalue weighted by Crippen LogP contribution is -2.11. The average molecular weight is 664 g/mol.